The van der Waals surface area contributed by atoms with Crippen LogP contribution in [0.1, 0.15) is 31.1 Å². The number of hydrogen-bond acceptors (Lipinski definition) is 3. The van der Waals surface area contributed by atoms with Crippen molar-refractivity contribution in [1.29, 1.82) is 0 Å². The molecule has 0 spiro atoms. The number of carbonyl (C=O) groups excluding carboxylic acids is 2. The van der Waals surface area contributed by atoms with E-state index < -0.39 is 5.41 Å². The first-order valence-corrected chi connectivity index (χ1v) is 5.31. The number of carbonyl (C=O) groups is 2. The molecule has 0 fully saturated rings. The van der Waals surface area contributed by atoms with Crippen molar-refractivity contribution in [3.8, 4) is 0 Å². The maximum atomic E-state index is 11.6. The molecule has 1 amide bonds. The number of amides is 1. The van der Waals surface area contributed by atoms with Gasteiger partial charge in [0.2, 0.25) is 5.56 Å². The SMILES string of the molecule is CC(C)(C)C(=O)CNC(=O)c1ccc(=O)[nH]c1. The fourth-order valence-corrected chi connectivity index (χ4v) is 1.08. The number of nitrogens with one attached hydrogen (secondary N) is 2. The molecule has 92 valence electrons. The lowest BCUT2D eigenvalue weighted by Gasteiger charge is -2.16. The van der Waals surface area contributed by atoms with E-state index in [1.165, 1.54) is 18.3 Å². The Hall–Kier alpha value is -1.91. The molecule has 0 radical (unpaired) electrons. The van der Waals surface area contributed by atoms with E-state index in [1.54, 1.807) is 20.8 Å². The zero-order valence-corrected chi connectivity index (χ0v) is 10.2. The van der Waals surface area contributed by atoms with Gasteiger partial charge >= 0.3 is 0 Å². The maximum absolute atomic E-state index is 11.6. The first kappa shape index (κ1) is 13.2. The Bertz CT molecular complexity index is 463. The van der Waals surface area contributed by atoms with Crippen LogP contribution in [0.3, 0.4) is 0 Å². The minimum Gasteiger partial charge on any atom is -0.345 e. The number of aromatic nitrogens is 1. The standard InChI is InChI=1S/C12H16N2O3/c1-12(2,3)9(15)7-14-11(17)8-4-5-10(16)13-6-8/h4-6H,7H2,1-3H3,(H,13,16)(H,14,17). The molecule has 0 saturated heterocycles. The second kappa shape index (κ2) is 4.95. The highest BCUT2D eigenvalue weighted by Crippen LogP contribution is 2.13. The number of ketones is 1. The van der Waals surface area contributed by atoms with Crippen molar-refractivity contribution in [1.82, 2.24) is 10.3 Å². The van der Waals surface area contributed by atoms with E-state index in [0.29, 0.717) is 5.56 Å². The average Bonchev–Trinajstić information content (AvgIpc) is 2.25. The lowest BCUT2D eigenvalue weighted by Crippen LogP contribution is -2.35. The highest BCUT2D eigenvalue weighted by Gasteiger charge is 2.21. The Labute approximate surface area is 99.2 Å². The molecule has 1 aromatic rings. The van der Waals surface area contributed by atoms with Gasteiger partial charge in [-0.05, 0) is 6.07 Å². The van der Waals surface area contributed by atoms with E-state index in [2.05, 4.69) is 10.3 Å². The van der Waals surface area contributed by atoms with Crippen molar-refractivity contribution < 1.29 is 9.59 Å². The molecule has 0 saturated carbocycles. The van der Waals surface area contributed by atoms with Crippen molar-refractivity contribution >= 4 is 11.7 Å². The van der Waals surface area contributed by atoms with Gasteiger partial charge in [0.15, 0.2) is 5.78 Å². The number of H-pyrrole nitrogens is 1. The van der Waals surface area contributed by atoms with Crippen molar-refractivity contribution in [3.05, 3.63) is 34.2 Å². The molecule has 2 N–H and O–H groups in total. The summed E-state index contributed by atoms with van der Waals surface area (Å²) >= 11 is 0. The van der Waals surface area contributed by atoms with E-state index in [9.17, 15) is 14.4 Å². The van der Waals surface area contributed by atoms with Crippen LogP contribution in [-0.2, 0) is 4.79 Å². The maximum Gasteiger partial charge on any atom is 0.253 e. The molecule has 17 heavy (non-hydrogen) atoms. The zero-order valence-electron chi connectivity index (χ0n) is 10.2. The summed E-state index contributed by atoms with van der Waals surface area (Å²) in [4.78, 5) is 36.4. The Morgan fingerprint density at radius 2 is 1.94 bits per heavy atom. The minimum absolute atomic E-state index is 0.0124. The van der Waals surface area contributed by atoms with Crippen molar-refractivity contribution in [2.24, 2.45) is 5.41 Å². The molecule has 1 rings (SSSR count). The molecule has 0 aliphatic rings. The van der Waals surface area contributed by atoms with Gasteiger partial charge in [0.25, 0.3) is 5.91 Å². The van der Waals surface area contributed by atoms with Gasteiger partial charge < -0.3 is 10.3 Å². The highest BCUT2D eigenvalue weighted by atomic mass is 16.2. The van der Waals surface area contributed by atoms with Crippen LogP contribution in [-0.4, -0.2) is 23.2 Å². The van der Waals surface area contributed by atoms with Crippen LogP contribution in [0.5, 0.6) is 0 Å². The monoisotopic (exact) mass is 236 g/mol. The molecule has 5 heteroatoms. The van der Waals surface area contributed by atoms with Crippen LogP contribution < -0.4 is 10.9 Å². The first-order valence-electron chi connectivity index (χ1n) is 5.31. The van der Waals surface area contributed by atoms with Gasteiger partial charge in [-0.1, -0.05) is 20.8 Å². The van der Waals surface area contributed by atoms with E-state index in [1.807, 2.05) is 0 Å². The van der Waals surface area contributed by atoms with Crippen molar-refractivity contribution in [2.45, 2.75) is 20.8 Å². The van der Waals surface area contributed by atoms with Crippen LogP contribution in [0.4, 0.5) is 0 Å². The van der Waals surface area contributed by atoms with E-state index in [4.69, 9.17) is 0 Å². The topological polar surface area (TPSA) is 79.0 Å². The van der Waals surface area contributed by atoms with Gasteiger partial charge in [0.05, 0.1) is 12.1 Å². The van der Waals surface area contributed by atoms with Crippen molar-refractivity contribution in [2.75, 3.05) is 6.54 Å². The summed E-state index contributed by atoms with van der Waals surface area (Å²) < 4.78 is 0. The third kappa shape index (κ3) is 3.86. The highest BCUT2D eigenvalue weighted by molar-refractivity contribution is 5.97. The number of aromatic amines is 1. The summed E-state index contributed by atoms with van der Waals surface area (Å²) in [5, 5.41) is 2.51. The van der Waals surface area contributed by atoms with Crippen LogP contribution in [0.25, 0.3) is 0 Å². The van der Waals surface area contributed by atoms with E-state index >= 15 is 0 Å². The molecular formula is C12H16N2O3. The lowest BCUT2D eigenvalue weighted by atomic mass is 9.91. The molecular weight excluding hydrogens is 220 g/mol. The number of hydrogen-bond donors (Lipinski definition) is 2. The number of Topliss-reactive ketones (excluding diaryl/α,β-unsaturated/α-hetero) is 1. The van der Waals surface area contributed by atoms with Crippen LogP contribution in [0, 0.1) is 5.41 Å². The summed E-state index contributed by atoms with van der Waals surface area (Å²) in [6, 6.07) is 2.68. The van der Waals surface area contributed by atoms with Gasteiger partial charge in [-0.3, -0.25) is 14.4 Å². The Kier molecular flexibility index (Phi) is 3.83. The predicted octanol–water partition coefficient (Wildman–Crippen LogP) is 0.720. The fraction of sp³-hybridized carbons (Fsp3) is 0.417. The summed E-state index contributed by atoms with van der Waals surface area (Å²) in [5.74, 6) is -0.422. The van der Waals surface area contributed by atoms with Gasteiger partial charge in [-0.25, -0.2) is 0 Å². The second-order valence-corrected chi connectivity index (χ2v) is 4.80. The first-order chi connectivity index (χ1) is 7.80. The summed E-state index contributed by atoms with van der Waals surface area (Å²) in [6.45, 7) is 5.37. The third-order valence-corrected chi connectivity index (χ3v) is 2.29. The number of rotatable bonds is 3. The molecule has 0 aliphatic heterocycles. The molecule has 0 atom stereocenters. The van der Waals surface area contributed by atoms with Crippen LogP contribution in [0.2, 0.25) is 0 Å². The molecule has 5 nitrogen and oxygen atoms in total. The smallest absolute Gasteiger partial charge is 0.253 e. The third-order valence-electron chi connectivity index (χ3n) is 2.29. The van der Waals surface area contributed by atoms with Gasteiger partial charge in [-0.15, -0.1) is 0 Å². The molecule has 0 aromatic carbocycles. The Balaban J connectivity index is 2.59. The largest absolute Gasteiger partial charge is 0.345 e. The predicted molar refractivity (Wildman–Crippen MR) is 63.9 cm³/mol. The van der Waals surface area contributed by atoms with Gasteiger partial charge in [0.1, 0.15) is 0 Å². The lowest BCUT2D eigenvalue weighted by molar-refractivity contribution is -0.125. The van der Waals surface area contributed by atoms with E-state index in [0.717, 1.165) is 0 Å². The van der Waals surface area contributed by atoms with E-state index in [-0.39, 0.29) is 23.8 Å². The quantitative estimate of drug-likeness (QED) is 0.811. The van der Waals surface area contributed by atoms with Crippen LogP contribution in [0.15, 0.2) is 23.1 Å². The van der Waals surface area contributed by atoms with Crippen LogP contribution >= 0.6 is 0 Å². The Morgan fingerprint density at radius 1 is 1.29 bits per heavy atom. The summed E-state index contributed by atoms with van der Waals surface area (Å²) in [5.41, 5.74) is -0.420. The summed E-state index contributed by atoms with van der Waals surface area (Å²) in [6.07, 6.45) is 1.32. The molecule has 1 heterocycles. The average molecular weight is 236 g/mol. The molecule has 0 aliphatic carbocycles. The minimum atomic E-state index is -0.474. The normalized spacial score (nSPS) is 11.0. The molecule has 1 aromatic heterocycles. The van der Waals surface area contributed by atoms with Gasteiger partial charge in [-0.2, -0.15) is 0 Å². The van der Waals surface area contributed by atoms with Crippen molar-refractivity contribution in [3.63, 3.8) is 0 Å². The molecule has 0 bridgehead atoms. The second-order valence-electron chi connectivity index (χ2n) is 4.80. The molecule has 0 unspecified atom stereocenters. The van der Waals surface area contributed by atoms with Gasteiger partial charge in [0, 0.05) is 17.7 Å². The Morgan fingerprint density at radius 3 is 2.41 bits per heavy atom. The fourth-order valence-electron chi connectivity index (χ4n) is 1.08. The summed E-state index contributed by atoms with van der Waals surface area (Å²) in [7, 11) is 0. The zero-order chi connectivity index (χ0) is 13.1. The number of pyridine rings is 1.